The minimum Gasteiger partial charge on any atom is -0.441 e. The second-order valence-electron chi connectivity index (χ2n) is 6.92. The molecular formula is C17H24FN5O6S2. The summed E-state index contributed by atoms with van der Waals surface area (Å²) in [5, 5.41) is 0.318. The van der Waals surface area contributed by atoms with Gasteiger partial charge in [-0.2, -0.15) is 12.7 Å². The number of benzene rings is 1. The zero-order valence-corrected chi connectivity index (χ0v) is 18.7. The zero-order chi connectivity index (χ0) is 22.8. The number of piperazine rings is 1. The Bertz CT molecular complexity index is 941. The second kappa shape index (κ2) is 9.56. The maximum absolute atomic E-state index is 14.8. The summed E-state index contributed by atoms with van der Waals surface area (Å²) in [6.07, 6.45) is -1.28. The molecule has 0 spiro atoms. The first-order chi connectivity index (χ1) is 14.6. The fourth-order valence-electron chi connectivity index (χ4n) is 3.29. The van der Waals surface area contributed by atoms with E-state index in [0.29, 0.717) is 24.5 Å². The summed E-state index contributed by atoms with van der Waals surface area (Å²) in [6.45, 7) is 1.21. The van der Waals surface area contributed by atoms with Crippen molar-refractivity contribution in [1.29, 1.82) is 0 Å². The lowest BCUT2D eigenvalue weighted by Gasteiger charge is -2.35. The summed E-state index contributed by atoms with van der Waals surface area (Å²) in [5.74, 6) is -0.532. The molecule has 0 aliphatic carbocycles. The van der Waals surface area contributed by atoms with E-state index < -0.39 is 33.5 Å². The molecule has 1 aromatic carbocycles. The first-order valence-electron chi connectivity index (χ1n) is 9.43. The van der Waals surface area contributed by atoms with E-state index in [0.717, 1.165) is 5.06 Å². The average Bonchev–Trinajstić information content (AvgIpc) is 3.12. The Labute approximate surface area is 185 Å². The molecule has 2 amide bonds. The number of anilines is 2. The number of rotatable bonds is 7. The van der Waals surface area contributed by atoms with Gasteiger partial charge in [0, 0.05) is 40.3 Å². The quantitative estimate of drug-likeness (QED) is 0.438. The van der Waals surface area contributed by atoms with Crippen molar-refractivity contribution >= 4 is 45.5 Å². The van der Waals surface area contributed by atoms with Crippen LogP contribution in [0.3, 0.4) is 0 Å². The van der Waals surface area contributed by atoms with Crippen molar-refractivity contribution in [1.82, 2.24) is 14.1 Å². The smallest absolute Gasteiger partial charge is 0.414 e. The van der Waals surface area contributed by atoms with Crippen LogP contribution in [0.15, 0.2) is 18.2 Å². The van der Waals surface area contributed by atoms with Gasteiger partial charge in [-0.1, -0.05) is 12.6 Å². The zero-order valence-electron chi connectivity index (χ0n) is 17.0. The van der Waals surface area contributed by atoms with E-state index in [2.05, 4.69) is 17.4 Å². The molecule has 2 aliphatic heterocycles. The van der Waals surface area contributed by atoms with Crippen LogP contribution in [0, 0.1) is 5.82 Å². The van der Waals surface area contributed by atoms with Crippen LogP contribution in [0.25, 0.3) is 0 Å². The number of thiol groups is 1. The van der Waals surface area contributed by atoms with Crippen molar-refractivity contribution in [3.63, 3.8) is 0 Å². The molecule has 0 radical (unpaired) electrons. The highest BCUT2D eigenvalue weighted by Gasteiger charge is 2.34. The number of carbonyl (C=O) groups excluding carboxylic acids is 2. The van der Waals surface area contributed by atoms with Crippen LogP contribution in [0.4, 0.5) is 25.4 Å². The predicted molar refractivity (Wildman–Crippen MR) is 114 cm³/mol. The number of nitrogens with zero attached hydrogens (tertiary/aromatic N) is 4. The Balaban J connectivity index is 1.62. The Kier molecular flexibility index (Phi) is 7.26. The number of hydrogen-bond acceptors (Lipinski definition) is 7. The second-order valence-corrected chi connectivity index (χ2v) is 9.18. The van der Waals surface area contributed by atoms with Crippen LogP contribution in [0.1, 0.15) is 0 Å². The van der Waals surface area contributed by atoms with Crippen molar-refractivity contribution in [3.8, 4) is 0 Å². The molecule has 2 saturated heterocycles. The van der Waals surface area contributed by atoms with Gasteiger partial charge in [0.15, 0.2) is 0 Å². The van der Waals surface area contributed by atoms with E-state index in [4.69, 9.17) is 9.57 Å². The number of carbonyl (C=O) groups is 2. The van der Waals surface area contributed by atoms with Gasteiger partial charge in [0.2, 0.25) is 0 Å². The number of halogens is 1. The molecular weight excluding hydrogens is 453 g/mol. The largest absolute Gasteiger partial charge is 0.441 e. The summed E-state index contributed by atoms with van der Waals surface area (Å²) < 4.78 is 47.3. The van der Waals surface area contributed by atoms with Gasteiger partial charge in [-0.15, -0.1) is 0 Å². The monoisotopic (exact) mass is 477 g/mol. The highest BCUT2D eigenvalue weighted by atomic mass is 32.2. The minimum absolute atomic E-state index is 0.0502. The Morgan fingerprint density at radius 3 is 2.61 bits per heavy atom. The van der Waals surface area contributed by atoms with Gasteiger partial charge in [0.05, 0.1) is 17.9 Å². The van der Waals surface area contributed by atoms with Crippen molar-refractivity contribution in [2.24, 2.45) is 0 Å². The lowest BCUT2D eigenvalue weighted by molar-refractivity contribution is -0.113. The van der Waals surface area contributed by atoms with Crippen molar-refractivity contribution in [2.45, 2.75) is 6.10 Å². The van der Waals surface area contributed by atoms with Crippen molar-refractivity contribution < 1.29 is 32.0 Å². The first kappa shape index (κ1) is 23.5. The molecule has 2 heterocycles. The molecule has 2 fully saturated rings. The Hall–Kier alpha value is -2.13. The van der Waals surface area contributed by atoms with Crippen LogP contribution in [-0.2, 0) is 19.8 Å². The summed E-state index contributed by atoms with van der Waals surface area (Å²) in [6, 6.07) is 4.39. The number of hydroxylamine groups is 2. The molecule has 0 saturated carbocycles. The third kappa shape index (κ3) is 5.38. The summed E-state index contributed by atoms with van der Waals surface area (Å²) in [4.78, 5) is 31.4. The fraction of sp³-hybridized carbons (Fsp3) is 0.529. The van der Waals surface area contributed by atoms with Crippen LogP contribution >= 0.6 is 12.6 Å². The van der Waals surface area contributed by atoms with Crippen molar-refractivity contribution in [3.05, 3.63) is 24.0 Å². The number of cyclic esters (lactones) is 1. The highest BCUT2D eigenvalue weighted by molar-refractivity contribution is 7.96. The molecule has 31 heavy (non-hydrogen) atoms. The fourth-order valence-corrected chi connectivity index (χ4v) is 4.25. The van der Waals surface area contributed by atoms with Gasteiger partial charge in [0.1, 0.15) is 18.5 Å². The molecule has 1 aromatic rings. The molecule has 0 aromatic heterocycles. The molecule has 1 N–H and O–H groups in total. The molecule has 0 bridgehead atoms. The number of amides is 2. The standard InChI is InChI=1S/C17H24FN5O6S2/c1-19-31(26,27)22-7-5-21(6-8-22)15-4-3-12(9-14(15)18)23-10-13(29-16(23)24)11-28-20(2)17(25)30/h3-4,9,13,19H,5-8,10-11H2,1-2H3,(H,25,30)/t13-/m0/s1. The lowest BCUT2D eigenvalue weighted by Crippen LogP contribution is -2.51. The number of ether oxygens (including phenoxy) is 1. The van der Waals surface area contributed by atoms with E-state index in [-0.39, 0.29) is 26.2 Å². The predicted octanol–water partition coefficient (Wildman–Crippen LogP) is 0.650. The van der Waals surface area contributed by atoms with Gasteiger partial charge in [-0.05, 0) is 18.2 Å². The van der Waals surface area contributed by atoms with Crippen molar-refractivity contribution in [2.75, 3.05) is 63.2 Å². The maximum Gasteiger partial charge on any atom is 0.414 e. The molecule has 2 aliphatic rings. The van der Waals surface area contributed by atoms with Gasteiger partial charge in [-0.3, -0.25) is 14.5 Å². The summed E-state index contributed by atoms with van der Waals surface area (Å²) >= 11 is 3.61. The molecule has 14 heteroatoms. The van der Waals surface area contributed by atoms with E-state index in [1.165, 1.54) is 29.4 Å². The van der Waals surface area contributed by atoms with E-state index >= 15 is 0 Å². The van der Waals surface area contributed by atoms with E-state index in [1.54, 1.807) is 17.0 Å². The van der Waals surface area contributed by atoms with Crippen LogP contribution in [0.2, 0.25) is 0 Å². The minimum atomic E-state index is -3.51. The highest BCUT2D eigenvalue weighted by Crippen LogP contribution is 2.29. The van der Waals surface area contributed by atoms with Crippen LogP contribution in [0.5, 0.6) is 0 Å². The normalized spacial score (nSPS) is 20.1. The van der Waals surface area contributed by atoms with Gasteiger partial charge >= 0.3 is 11.3 Å². The summed E-state index contributed by atoms with van der Waals surface area (Å²) in [7, 11) is -0.786. The van der Waals surface area contributed by atoms with E-state index in [9.17, 15) is 22.4 Å². The summed E-state index contributed by atoms with van der Waals surface area (Å²) in [5.41, 5.74) is 0.649. The van der Waals surface area contributed by atoms with Crippen LogP contribution in [-0.4, -0.2) is 88.6 Å². The van der Waals surface area contributed by atoms with E-state index in [1.807, 2.05) is 0 Å². The number of hydrogen-bond donors (Lipinski definition) is 2. The average molecular weight is 478 g/mol. The third-order valence-corrected chi connectivity index (χ3v) is 6.86. The van der Waals surface area contributed by atoms with Crippen LogP contribution < -0.4 is 14.5 Å². The molecule has 1 atom stereocenters. The lowest BCUT2D eigenvalue weighted by atomic mass is 10.2. The Morgan fingerprint density at radius 2 is 2.03 bits per heavy atom. The third-order valence-electron chi connectivity index (χ3n) is 5.02. The molecule has 3 rings (SSSR count). The molecule has 0 unspecified atom stereocenters. The topological polar surface area (TPSA) is 112 Å². The maximum atomic E-state index is 14.8. The molecule has 11 nitrogen and oxygen atoms in total. The Morgan fingerprint density at radius 1 is 1.35 bits per heavy atom. The molecule has 172 valence electrons. The first-order valence-corrected chi connectivity index (χ1v) is 11.3. The van der Waals surface area contributed by atoms with Gasteiger partial charge in [0.25, 0.3) is 10.2 Å². The van der Waals surface area contributed by atoms with Gasteiger partial charge in [-0.25, -0.2) is 19.0 Å². The van der Waals surface area contributed by atoms with Gasteiger partial charge < -0.3 is 9.64 Å². The SMILES string of the molecule is CNS(=O)(=O)N1CCN(c2ccc(N3C[C@@H](CON(C)C(=O)S)OC3=O)cc2F)CC1. The number of nitrogens with one attached hydrogen (secondary N) is 1.